The Kier molecular flexibility index (Phi) is 4.24. The molecule has 0 saturated carbocycles. The van der Waals surface area contributed by atoms with E-state index in [4.69, 9.17) is 9.84 Å². The van der Waals surface area contributed by atoms with Gasteiger partial charge in [-0.15, -0.1) is 0 Å². The maximum atomic E-state index is 11.1. The first kappa shape index (κ1) is 14.3. The van der Waals surface area contributed by atoms with Crippen LogP contribution < -0.4 is 10.1 Å². The fourth-order valence-corrected chi connectivity index (χ4v) is 2.75. The molecule has 2 rings (SSSR count). The zero-order valence-corrected chi connectivity index (χ0v) is 12.4. The van der Waals surface area contributed by atoms with Gasteiger partial charge in [0.05, 0.1) is 18.5 Å². The van der Waals surface area contributed by atoms with Crippen LogP contribution in [0, 0.1) is 6.92 Å². The number of aromatic nitrogens is 1. The van der Waals surface area contributed by atoms with Crippen LogP contribution in [0.1, 0.15) is 27.9 Å². The van der Waals surface area contributed by atoms with E-state index in [1.54, 1.807) is 7.11 Å². The number of aromatic carboxylic acids is 1. The molecule has 0 radical (unpaired) electrons. The normalized spacial score (nSPS) is 10.3. The molecule has 0 aliphatic rings. The molecular weight excluding hydrogens is 276 g/mol. The second-order valence-corrected chi connectivity index (χ2v) is 5.28. The summed E-state index contributed by atoms with van der Waals surface area (Å²) in [5.41, 5.74) is 2.46. The number of carbonyl (C=O) groups is 1. The van der Waals surface area contributed by atoms with Crippen molar-refractivity contribution >= 4 is 28.1 Å². The predicted octanol–water partition coefficient (Wildman–Crippen LogP) is 3.46. The second-order valence-electron chi connectivity index (χ2n) is 4.28. The maximum absolute atomic E-state index is 11.1. The number of methoxy groups -OCH3 is 1. The number of hydrogen-bond acceptors (Lipinski definition) is 5. The lowest BCUT2D eigenvalue weighted by molar-refractivity contribution is 0.0701. The number of nitrogens with zero attached hydrogens (tertiary/aromatic N) is 1. The third-order valence-corrected chi connectivity index (χ3v) is 3.82. The number of carboxylic acids is 1. The van der Waals surface area contributed by atoms with Gasteiger partial charge in [0.1, 0.15) is 10.6 Å². The zero-order valence-electron chi connectivity index (χ0n) is 11.6. The summed E-state index contributed by atoms with van der Waals surface area (Å²) in [4.78, 5) is 15.7. The molecule has 1 aromatic heterocycles. The highest BCUT2D eigenvalue weighted by Crippen LogP contribution is 2.32. The zero-order chi connectivity index (χ0) is 14.7. The summed E-state index contributed by atoms with van der Waals surface area (Å²) in [6, 6.07) is 5.75. The van der Waals surface area contributed by atoms with Crippen molar-refractivity contribution in [1.82, 2.24) is 4.98 Å². The summed E-state index contributed by atoms with van der Waals surface area (Å²) < 4.78 is 5.28. The molecular formula is C14H16N2O3S. The SMILES string of the molecule is CCc1nc(Nc2cc(C)ccc2OC)sc1C(=O)O. The standard InChI is InChI=1S/C14H16N2O3S/c1-4-9-12(13(17)18)20-14(15-9)16-10-7-8(2)5-6-11(10)19-3/h5-7H,4H2,1-3H3,(H,15,16)(H,17,18). The molecule has 0 fully saturated rings. The molecule has 2 aromatic rings. The van der Waals surface area contributed by atoms with Gasteiger partial charge in [-0.1, -0.05) is 24.3 Å². The van der Waals surface area contributed by atoms with Crippen molar-refractivity contribution in [1.29, 1.82) is 0 Å². The lowest BCUT2D eigenvalue weighted by atomic mass is 10.2. The van der Waals surface area contributed by atoms with Gasteiger partial charge in [0, 0.05) is 0 Å². The molecule has 1 heterocycles. The highest BCUT2D eigenvalue weighted by molar-refractivity contribution is 7.17. The van der Waals surface area contributed by atoms with Gasteiger partial charge in [-0.2, -0.15) is 0 Å². The van der Waals surface area contributed by atoms with Crippen LogP contribution in [0.5, 0.6) is 5.75 Å². The fourth-order valence-electron chi connectivity index (χ4n) is 1.85. The fraction of sp³-hybridized carbons (Fsp3) is 0.286. The van der Waals surface area contributed by atoms with Gasteiger partial charge < -0.3 is 15.2 Å². The molecule has 0 unspecified atom stereocenters. The molecule has 0 aliphatic carbocycles. The van der Waals surface area contributed by atoms with Crippen LogP contribution in [0.2, 0.25) is 0 Å². The summed E-state index contributed by atoms with van der Waals surface area (Å²) in [5, 5.41) is 12.8. The van der Waals surface area contributed by atoms with Crippen LogP contribution in [0.4, 0.5) is 10.8 Å². The minimum absolute atomic E-state index is 0.279. The molecule has 0 saturated heterocycles. The Hall–Kier alpha value is -2.08. The number of hydrogen-bond donors (Lipinski definition) is 2. The Balaban J connectivity index is 2.35. The van der Waals surface area contributed by atoms with Gasteiger partial charge in [-0.05, 0) is 31.0 Å². The molecule has 20 heavy (non-hydrogen) atoms. The van der Waals surface area contributed by atoms with Crippen molar-refractivity contribution < 1.29 is 14.6 Å². The Bertz CT molecular complexity index is 637. The average Bonchev–Trinajstić information content (AvgIpc) is 2.82. The van der Waals surface area contributed by atoms with E-state index in [0.717, 1.165) is 22.6 Å². The summed E-state index contributed by atoms with van der Waals surface area (Å²) >= 11 is 1.13. The first-order valence-electron chi connectivity index (χ1n) is 6.19. The average molecular weight is 292 g/mol. The number of nitrogens with one attached hydrogen (secondary N) is 1. The predicted molar refractivity (Wildman–Crippen MR) is 79.5 cm³/mol. The van der Waals surface area contributed by atoms with Gasteiger partial charge in [-0.3, -0.25) is 0 Å². The van der Waals surface area contributed by atoms with Crippen molar-refractivity contribution in [2.24, 2.45) is 0 Å². The van der Waals surface area contributed by atoms with E-state index in [1.165, 1.54) is 0 Å². The molecule has 5 nitrogen and oxygen atoms in total. The number of rotatable bonds is 5. The topological polar surface area (TPSA) is 71.5 Å². The largest absolute Gasteiger partial charge is 0.495 e. The Morgan fingerprint density at radius 1 is 1.50 bits per heavy atom. The minimum Gasteiger partial charge on any atom is -0.495 e. The van der Waals surface area contributed by atoms with E-state index in [0.29, 0.717) is 23.0 Å². The van der Waals surface area contributed by atoms with Crippen molar-refractivity contribution in [2.45, 2.75) is 20.3 Å². The molecule has 0 amide bonds. The minimum atomic E-state index is -0.941. The van der Waals surface area contributed by atoms with Crippen LogP contribution in [0.15, 0.2) is 18.2 Å². The third-order valence-electron chi connectivity index (χ3n) is 2.82. The van der Waals surface area contributed by atoms with Crippen LogP contribution in [-0.2, 0) is 6.42 Å². The van der Waals surface area contributed by atoms with Crippen LogP contribution in [-0.4, -0.2) is 23.2 Å². The molecule has 0 atom stereocenters. The smallest absolute Gasteiger partial charge is 0.347 e. The highest BCUT2D eigenvalue weighted by Gasteiger charge is 2.16. The lowest BCUT2D eigenvalue weighted by Crippen LogP contribution is -1.97. The van der Waals surface area contributed by atoms with E-state index in [2.05, 4.69) is 10.3 Å². The monoisotopic (exact) mass is 292 g/mol. The number of carboxylic acid groups (broad SMARTS) is 1. The maximum Gasteiger partial charge on any atom is 0.347 e. The van der Waals surface area contributed by atoms with Crippen molar-refractivity contribution in [3.05, 3.63) is 34.3 Å². The quantitative estimate of drug-likeness (QED) is 0.883. The number of aryl methyl sites for hydroxylation is 2. The summed E-state index contributed by atoms with van der Waals surface area (Å²) in [6.45, 7) is 3.87. The van der Waals surface area contributed by atoms with Crippen molar-refractivity contribution in [3.8, 4) is 5.75 Å². The Morgan fingerprint density at radius 3 is 2.80 bits per heavy atom. The van der Waals surface area contributed by atoms with Gasteiger partial charge >= 0.3 is 5.97 Å². The van der Waals surface area contributed by atoms with Gasteiger partial charge in [0.2, 0.25) is 0 Å². The van der Waals surface area contributed by atoms with Gasteiger partial charge in [0.15, 0.2) is 5.13 Å². The van der Waals surface area contributed by atoms with E-state index in [1.807, 2.05) is 32.0 Å². The number of thiazole rings is 1. The van der Waals surface area contributed by atoms with E-state index >= 15 is 0 Å². The van der Waals surface area contributed by atoms with Gasteiger partial charge in [0.25, 0.3) is 0 Å². The molecule has 2 N–H and O–H groups in total. The van der Waals surface area contributed by atoms with Crippen LogP contribution in [0.3, 0.4) is 0 Å². The number of anilines is 2. The third kappa shape index (κ3) is 2.91. The van der Waals surface area contributed by atoms with Gasteiger partial charge in [-0.25, -0.2) is 9.78 Å². The molecule has 6 heteroatoms. The molecule has 0 bridgehead atoms. The Morgan fingerprint density at radius 2 is 2.25 bits per heavy atom. The van der Waals surface area contributed by atoms with Crippen LogP contribution >= 0.6 is 11.3 Å². The Labute approximate surface area is 121 Å². The number of ether oxygens (including phenoxy) is 1. The molecule has 106 valence electrons. The first-order chi connectivity index (χ1) is 9.55. The van der Waals surface area contributed by atoms with E-state index < -0.39 is 5.97 Å². The summed E-state index contributed by atoms with van der Waals surface area (Å²) in [5.74, 6) is -0.246. The van der Waals surface area contributed by atoms with Crippen LogP contribution in [0.25, 0.3) is 0 Å². The molecule has 1 aromatic carbocycles. The lowest BCUT2D eigenvalue weighted by Gasteiger charge is -2.09. The number of benzene rings is 1. The molecule has 0 aliphatic heterocycles. The summed E-state index contributed by atoms with van der Waals surface area (Å²) in [7, 11) is 1.60. The van der Waals surface area contributed by atoms with Crippen molar-refractivity contribution in [2.75, 3.05) is 12.4 Å². The highest BCUT2D eigenvalue weighted by atomic mass is 32.1. The second kappa shape index (κ2) is 5.92. The molecule has 0 spiro atoms. The van der Waals surface area contributed by atoms with E-state index in [9.17, 15) is 4.79 Å². The van der Waals surface area contributed by atoms with E-state index in [-0.39, 0.29) is 4.88 Å². The summed E-state index contributed by atoms with van der Waals surface area (Å²) in [6.07, 6.45) is 0.588. The first-order valence-corrected chi connectivity index (χ1v) is 7.01. The van der Waals surface area contributed by atoms with Crippen molar-refractivity contribution in [3.63, 3.8) is 0 Å².